The summed E-state index contributed by atoms with van der Waals surface area (Å²) in [5, 5.41) is 5.50. The lowest BCUT2D eigenvalue weighted by molar-refractivity contribution is -0.126. The highest BCUT2D eigenvalue weighted by molar-refractivity contribution is 5.81. The average molecular weight is 277 g/mol. The smallest absolute Gasteiger partial charge is 0.234 e. The molecule has 1 fully saturated rings. The zero-order valence-electron chi connectivity index (χ0n) is 11.3. The van der Waals surface area contributed by atoms with Crippen molar-refractivity contribution in [2.45, 2.75) is 0 Å². The number of ether oxygens (including phenoxy) is 1. The first-order chi connectivity index (χ1) is 9.74. The monoisotopic (exact) mass is 277 g/mol. The molecule has 1 heterocycles. The summed E-state index contributed by atoms with van der Waals surface area (Å²) in [5.41, 5.74) is 0. The minimum absolute atomic E-state index is 0.0311. The fraction of sp³-hybridized carbons (Fsp3) is 0.429. The number of para-hydroxylation sites is 1. The third kappa shape index (κ3) is 4.89. The van der Waals surface area contributed by atoms with Crippen molar-refractivity contribution < 1.29 is 14.3 Å². The number of nitrogens with zero attached hydrogens (tertiary/aromatic N) is 1. The number of hydrogen-bond acceptors (Lipinski definition) is 4. The van der Waals surface area contributed by atoms with Gasteiger partial charge in [-0.3, -0.25) is 14.5 Å². The zero-order chi connectivity index (χ0) is 14.2. The molecule has 1 aromatic rings. The molecule has 0 spiro atoms. The highest BCUT2D eigenvalue weighted by Crippen LogP contribution is 2.07. The van der Waals surface area contributed by atoms with Gasteiger partial charge in [0.05, 0.1) is 19.6 Å². The summed E-state index contributed by atoms with van der Waals surface area (Å²) in [6.07, 6.45) is 0. The Morgan fingerprint density at radius 1 is 1.35 bits per heavy atom. The molecule has 2 amide bonds. The third-order valence-corrected chi connectivity index (χ3v) is 2.92. The van der Waals surface area contributed by atoms with Crippen LogP contribution in [0, 0.1) is 0 Å². The van der Waals surface area contributed by atoms with Crippen LogP contribution in [0.25, 0.3) is 0 Å². The van der Waals surface area contributed by atoms with Gasteiger partial charge in [-0.2, -0.15) is 0 Å². The maximum Gasteiger partial charge on any atom is 0.234 e. The number of amides is 2. The molecule has 6 heteroatoms. The van der Waals surface area contributed by atoms with E-state index in [9.17, 15) is 9.59 Å². The van der Waals surface area contributed by atoms with E-state index < -0.39 is 0 Å². The quantitative estimate of drug-likeness (QED) is 0.695. The van der Waals surface area contributed by atoms with E-state index in [4.69, 9.17) is 4.74 Å². The van der Waals surface area contributed by atoms with E-state index in [0.717, 1.165) is 5.75 Å². The molecule has 2 N–H and O–H groups in total. The lowest BCUT2D eigenvalue weighted by atomic mass is 10.3. The number of hydrogen-bond donors (Lipinski definition) is 2. The van der Waals surface area contributed by atoms with Crippen LogP contribution >= 0.6 is 0 Å². The van der Waals surface area contributed by atoms with Crippen LogP contribution in [-0.2, 0) is 9.59 Å². The molecule has 0 saturated carbocycles. The van der Waals surface area contributed by atoms with Crippen molar-refractivity contribution in [3.63, 3.8) is 0 Å². The molecular weight excluding hydrogens is 258 g/mol. The fourth-order valence-corrected chi connectivity index (χ4v) is 1.96. The first-order valence-electron chi connectivity index (χ1n) is 6.67. The summed E-state index contributed by atoms with van der Waals surface area (Å²) >= 11 is 0. The van der Waals surface area contributed by atoms with Crippen LogP contribution in [0.5, 0.6) is 5.75 Å². The van der Waals surface area contributed by atoms with E-state index >= 15 is 0 Å². The summed E-state index contributed by atoms with van der Waals surface area (Å²) in [7, 11) is 0. The number of carbonyl (C=O) groups excluding carboxylic acids is 2. The highest BCUT2D eigenvalue weighted by Gasteiger charge is 2.18. The van der Waals surface area contributed by atoms with Crippen LogP contribution in [0.15, 0.2) is 30.3 Å². The van der Waals surface area contributed by atoms with Gasteiger partial charge in [-0.15, -0.1) is 0 Å². The second-order valence-corrected chi connectivity index (χ2v) is 4.57. The lowest BCUT2D eigenvalue weighted by Gasteiger charge is -2.25. The predicted molar refractivity (Wildman–Crippen MR) is 74.4 cm³/mol. The van der Waals surface area contributed by atoms with Crippen molar-refractivity contribution in [3.05, 3.63) is 30.3 Å². The molecule has 0 atom stereocenters. The van der Waals surface area contributed by atoms with E-state index in [0.29, 0.717) is 26.2 Å². The Morgan fingerprint density at radius 2 is 2.15 bits per heavy atom. The van der Waals surface area contributed by atoms with Crippen LogP contribution in [0.4, 0.5) is 0 Å². The van der Waals surface area contributed by atoms with Crippen LogP contribution in [0.2, 0.25) is 0 Å². The molecule has 108 valence electrons. The average Bonchev–Trinajstić information content (AvgIpc) is 2.45. The summed E-state index contributed by atoms with van der Waals surface area (Å²) in [5.74, 6) is 0.669. The van der Waals surface area contributed by atoms with E-state index in [2.05, 4.69) is 10.6 Å². The number of piperazine rings is 1. The van der Waals surface area contributed by atoms with Crippen LogP contribution in [0.3, 0.4) is 0 Å². The molecule has 1 saturated heterocycles. The summed E-state index contributed by atoms with van der Waals surface area (Å²) in [4.78, 5) is 24.7. The molecule has 2 rings (SSSR count). The molecule has 1 aliphatic rings. The standard InChI is InChI=1S/C14H19N3O3/c18-13-10-17(8-6-15-13)11-14(19)16-7-9-20-12-4-2-1-3-5-12/h1-5H,6-11H2,(H,15,18)(H,16,19). The van der Waals surface area contributed by atoms with Crippen LogP contribution in [-0.4, -0.2) is 56.0 Å². The molecule has 0 radical (unpaired) electrons. The number of benzene rings is 1. The normalized spacial score (nSPS) is 15.5. The Balaban J connectivity index is 1.59. The van der Waals surface area contributed by atoms with Gasteiger partial charge in [0.15, 0.2) is 0 Å². The van der Waals surface area contributed by atoms with Gasteiger partial charge in [0.25, 0.3) is 0 Å². The number of carbonyl (C=O) groups is 2. The molecule has 0 aliphatic carbocycles. The fourth-order valence-electron chi connectivity index (χ4n) is 1.96. The predicted octanol–water partition coefficient (Wildman–Crippen LogP) is -0.387. The summed E-state index contributed by atoms with van der Waals surface area (Å²) < 4.78 is 5.47. The Bertz CT molecular complexity index is 450. The van der Waals surface area contributed by atoms with Gasteiger partial charge in [-0.25, -0.2) is 0 Å². The van der Waals surface area contributed by atoms with Gasteiger partial charge >= 0.3 is 0 Å². The lowest BCUT2D eigenvalue weighted by Crippen LogP contribution is -2.50. The van der Waals surface area contributed by atoms with E-state index in [1.807, 2.05) is 35.2 Å². The zero-order valence-corrected chi connectivity index (χ0v) is 11.3. The van der Waals surface area contributed by atoms with Crippen LogP contribution < -0.4 is 15.4 Å². The number of rotatable bonds is 6. The maximum absolute atomic E-state index is 11.7. The minimum atomic E-state index is -0.0867. The summed E-state index contributed by atoms with van der Waals surface area (Å²) in [6, 6.07) is 9.45. The van der Waals surface area contributed by atoms with E-state index in [-0.39, 0.29) is 24.9 Å². The van der Waals surface area contributed by atoms with Gasteiger partial charge in [0.1, 0.15) is 12.4 Å². The Labute approximate surface area is 118 Å². The molecule has 1 aliphatic heterocycles. The summed E-state index contributed by atoms with van der Waals surface area (Å²) in [6.45, 7) is 2.72. The van der Waals surface area contributed by atoms with Gasteiger partial charge in [-0.1, -0.05) is 18.2 Å². The van der Waals surface area contributed by atoms with Crippen molar-refractivity contribution in [1.82, 2.24) is 15.5 Å². The first kappa shape index (κ1) is 14.3. The molecule has 6 nitrogen and oxygen atoms in total. The van der Waals surface area contributed by atoms with Gasteiger partial charge in [-0.05, 0) is 12.1 Å². The Kier molecular flexibility index (Phi) is 5.37. The third-order valence-electron chi connectivity index (χ3n) is 2.92. The van der Waals surface area contributed by atoms with Crippen molar-refractivity contribution in [3.8, 4) is 5.75 Å². The second kappa shape index (κ2) is 7.49. The van der Waals surface area contributed by atoms with Gasteiger partial charge in [0.2, 0.25) is 11.8 Å². The van der Waals surface area contributed by atoms with E-state index in [1.54, 1.807) is 0 Å². The molecule has 20 heavy (non-hydrogen) atoms. The highest BCUT2D eigenvalue weighted by atomic mass is 16.5. The molecule has 0 unspecified atom stereocenters. The molecule has 0 bridgehead atoms. The SMILES string of the molecule is O=C(CN1CCNC(=O)C1)NCCOc1ccccc1. The first-order valence-corrected chi connectivity index (χ1v) is 6.67. The number of nitrogens with one attached hydrogen (secondary N) is 2. The van der Waals surface area contributed by atoms with Crippen molar-refractivity contribution in [1.29, 1.82) is 0 Å². The van der Waals surface area contributed by atoms with Crippen molar-refractivity contribution in [2.24, 2.45) is 0 Å². The van der Waals surface area contributed by atoms with Crippen LogP contribution in [0.1, 0.15) is 0 Å². The Hall–Kier alpha value is -2.08. The van der Waals surface area contributed by atoms with Gasteiger partial charge in [0, 0.05) is 13.1 Å². The van der Waals surface area contributed by atoms with Crippen molar-refractivity contribution in [2.75, 3.05) is 39.3 Å². The molecular formula is C14H19N3O3. The topological polar surface area (TPSA) is 70.7 Å². The van der Waals surface area contributed by atoms with Crippen molar-refractivity contribution >= 4 is 11.8 Å². The Morgan fingerprint density at radius 3 is 2.90 bits per heavy atom. The van der Waals surface area contributed by atoms with Gasteiger partial charge < -0.3 is 15.4 Å². The minimum Gasteiger partial charge on any atom is -0.492 e. The molecule has 1 aromatic carbocycles. The maximum atomic E-state index is 11.7. The van der Waals surface area contributed by atoms with E-state index in [1.165, 1.54) is 0 Å². The largest absolute Gasteiger partial charge is 0.492 e. The second-order valence-electron chi connectivity index (χ2n) is 4.57. The molecule has 0 aromatic heterocycles.